The summed E-state index contributed by atoms with van der Waals surface area (Å²) in [5.74, 6) is 0.616. The molecule has 1 aromatic carbocycles. The molecule has 0 bridgehead atoms. The van der Waals surface area contributed by atoms with Crippen molar-refractivity contribution in [1.82, 2.24) is 10.2 Å². The fourth-order valence-electron chi connectivity index (χ4n) is 2.87. The van der Waals surface area contributed by atoms with Crippen molar-refractivity contribution in [2.45, 2.75) is 31.8 Å². The van der Waals surface area contributed by atoms with E-state index in [9.17, 15) is 9.59 Å². The van der Waals surface area contributed by atoms with Gasteiger partial charge in [-0.25, -0.2) is 0 Å². The summed E-state index contributed by atoms with van der Waals surface area (Å²) in [6, 6.07) is 13.2. The van der Waals surface area contributed by atoms with Crippen molar-refractivity contribution in [1.29, 1.82) is 0 Å². The maximum absolute atomic E-state index is 12.4. The molecule has 1 aliphatic heterocycles. The van der Waals surface area contributed by atoms with Crippen LogP contribution in [0.15, 0.2) is 53.1 Å². The number of nitrogens with one attached hydrogen (secondary N) is 1. The average molecular weight is 312 g/mol. The van der Waals surface area contributed by atoms with Crippen LogP contribution in [0.2, 0.25) is 0 Å². The molecule has 0 spiro atoms. The van der Waals surface area contributed by atoms with Crippen LogP contribution >= 0.6 is 0 Å². The second kappa shape index (κ2) is 7.13. The van der Waals surface area contributed by atoms with Crippen LogP contribution in [0.4, 0.5) is 0 Å². The van der Waals surface area contributed by atoms with Crippen LogP contribution in [-0.2, 0) is 22.6 Å². The topological polar surface area (TPSA) is 62.6 Å². The van der Waals surface area contributed by atoms with Crippen LogP contribution in [-0.4, -0.2) is 29.3 Å². The number of hydrogen-bond acceptors (Lipinski definition) is 3. The lowest BCUT2D eigenvalue weighted by atomic mass is 10.1. The first-order chi connectivity index (χ1) is 11.2. The Balaban J connectivity index is 1.54. The van der Waals surface area contributed by atoms with Gasteiger partial charge in [0.25, 0.3) is 0 Å². The van der Waals surface area contributed by atoms with Gasteiger partial charge in [0.05, 0.1) is 12.8 Å². The lowest BCUT2D eigenvalue weighted by Crippen LogP contribution is -2.44. The van der Waals surface area contributed by atoms with Gasteiger partial charge in [-0.2, -0.15) is 0 Å². The van der Waals surface area contributed by atoms with E-state index >= 15 is 0 Å². The summed E-state index contributed by atoms with van der Waals surface area (Å²) in [6.07, 6.45) is 3.34. The van der Waals surface area contributed by atoms with Gasteiger partial charge >= 0.3 is 0 Å². The van der Waals surface area contributed by atoms with Crippen LogP contribution in [0, 0.1) is 0 Å². The van der Waals surface area contributed by atoms with Gasteiger partial charge in [0.15, 0.2) is 0 Å². The maximum atomic E-state index is 12.4. The van der Waals surface area contributed by atoms with Gasteiger partial charge in [0, 0.05) is 13.0 Å². The average Bonchev–Trinajstić information content (AvgIpc) is 3.20. The van der Waals surface area contributed by atoms with E-state index in [2.05, 4.69) is 5.32 Å². The molecule has 3 rings (SSSR count). The zero-order valence-corrected chi connectivity index (χ0v) is 12.9. The molecule has 1 saturated heterocycles. The Morgan fingerprint density at radius 3 is 2.78 bits per heavy atom. The Labute approximate surface area is 135 Å². The van der Waals surface area contributed by atoms with Gasteiger partial charge in [-0.3, -0.25) is 9.59 Å². The van der Waals surface area contributed by atoms with E-state index in [4.69, 9.17) is 4.42 Å². The quantitative estimate of drug-likeness (QED) is 0.889. The molecule has 2 heterocycles. The van der Waals surface area contributed by atoms with E-state index in [1.807, 2.05) is 36.4 Å². The molecular weight excluding hydrogens is 292 g/mol. The lowest BCUT2D eigenvalue weighted by Gasteiger charge is -2.23. The minimum absolute atomic E-state index is 0.00427. The Kier molecular flexibility index (Phi) is 4.76. The smallest absolute Gasteiger partial charge is 0.242 e. The highest BCUT2D eigenvalue weighted by atomic mass is 16.3. The summed E-state index contributed by atoms with van der Waals surface area (Å²) in [5, 5.41) is 2.94. The summed E-state index contributed by atoms with van der Waals surface area (Å²) in [5.41, 5.74) is 1.18. The molecule has 120 valence electrons. The van der Waals surface area contributed by atoms with E-state index in [-0.39, 0.29) is 11.8 Å². The van der Waals surface area contributed by atoms with Crippen molar-refractivity contribution in [2.24, 2.45) is 0 Å². The second-order valence-electron chi connectivity index (χ2n) is 5.68. The molecule has 5 heteroatoms. The summed E-state index contributed by atoms with van der Waals surface area (Å²) < 4.78 is 5.29. The largest absolute Gasteiger partial charge is 0.467 e. The van der Waals surface area contributed by atoms with Crippen LogP contribution in [0.3, 0.4) is 0 Å². The van der Waals surface area contributed by atoms with Gasteiger partial charge in [-0.1, -0.05) is 30.3 Å². The second-order valence-corrected chi connectivity index (χ2v) is 5.68. The zero-order chi connectivity index (χ0) is 16.1. The van der Waals surface area contributed by atoms with E-state index in [0.717, 1.165) is 6.42 Å². The highest BCUT2D eigenvalue weighted by molar-refractivity contribution is 5.90. The number of carbonyl (C=O) groups excluding carboxylic acids is 2. The Morgan fingerprint density at radius 2 is 2.04 bits per heavy atom. The molecule has 1 aliphatic rings. The highest BCUT2D eigenvalue weighted by Crippen LogP contribution is 2.21. The fraction of sp³-hybridized carbons (Fsp3) is 0.333. The maximum Gasteiger partial charge on any atom is 0.242 e. The van der Waals surface area contributed by atoms with Crippen molar-refractivity contribution >= 4 is 11.8 Å². The standard InChI is InChI=1S/C18H20N2O3/c21-17-9-8-16(20(17)13-15-7-4-12-23-15)18(22)19-11-10-14-5-2-1-3-6-14/h1-7,12,16H,8-11,13H2,(H,19,22)/t16-/m1/s1. The molecule has 1 atom stereocenters. The predicted octanol–water partition coefficient (Wildman–Crippen LogP) is 2.13. The van der Waals surface area contributed by atoms with Gasteiger partial charge in [-0.05, 0) is 30.5 Å². The Bertz CT molecular complexity index is 652. The third kappa shape index (κ3) is 3.80. The van der Waals surface area contributed by atoms with Crippen molar-refractivity contribution in [3.05, 3.63) is 60.1 Å². The van der Waals surface area contributed by atoms with Crippen molar-refractivity contribution in [3.63, 3.8) is 0 Å². The van der Waals surface area contributed by atoms with Crippen LogP contribution in [0.25, 0.3) is 0 Å². The minimum Gasteiger partial charge on any atom is -0.467 e. The summed E-state index contributed by atoms with van der Waals surface area (Å²) >= 11 is 0. The van der Waals surface area contributed by atoms with Crippen molar-refractivity contribution in [3.8, 4) is 0 Å². The van der Waals surface area contributed by atoms with Gasteiger partial charge in [0.2, 0.25) is 11.8 Å². The summed E-state index contributed by atoms with van der Waals surface area (Å²) in [7, 11) is 0. The Morgan fingerprint density at radius 1 is 1.22 bits per heavy atom. The number of likely N-dealkylation sites (tertiary alicyclic amines) is 1. The molecule has 23 heavy (non-hydrogen) atoms. The van der Waals surface area contributed by atoms with Gasteiger partial charge in [-0.15, -0.1) is 0 Å². The molecule has 0 saturated carbocycles. The molecule has 1 N–H and O–H groups in total. The van der Waals surface area contributed by atoms with Crippen LogP contribution in [0.1, 0.15) is 24.2 Å². The van der Waals surface area contributed by atoms with E-state index in [1.165, 1.54) is 5.56 Å². The predicted molar refractivity (Wildman–Crippen MR) is 85.4 cm³/mol. The summed E-state index contributed by atoms with van der Waals surface area (Å²) in [4.78, 5) is 26.0. The minimum atomic E-state index is -0.400. The van der Waals surface area contributed by atoms with E-state index in [1.54, 1.807) is 17.2 Å². The molecule has 1 fully saturated rings. The Hall–Kier alpha value is -2.56. The molecule has 0 aliphatic carbocycles. The van der Waals surface area contributed by atoms with E-state index in [0.29, 0.717) is 31.7 Å². The monoisotopic (exact) mass is 312 g/mol. The fourth-order valence-corrected chi connectivity index (χ4v) is 2.87. The normalized spacial score (nSPS) is 17.5. The SMILES string of the molecule is O=C(NCCc1ccccc1)[C@H]1CCC(=O)N1Cc1ccco1. The first kappa shape index (κ1) is 15.3. The molecule has 2 amide bonds. The van der Waals surface area contributed by atoms with Crippen molar-refractivity contribution in [2.75, 3.05) is 6.54 Å². The molecule has 2 aromatic rings. The van der Waals surface area contributed by atoms with Crippen LogP contribution in [0.5, 0.6) is 0 Å². The van der Waals surface area contributed by atoms with Crippen LogP contribution < -0.4 is 5.32 Å². The van der Waals surface area contributed by atoms with Gasteiger partial charge in [0.1, 0.15) is 11.8 Å². The number of benzene rings is 1. The zero-order valence-electron chi connectivity index (χ0n) is 12.9. The first-order valence-electron chi connectivity index (χ1n) is 7.87. The van der Waals surface area contributed by atoms with E-state index < -0.39 is 6.04 Å². The first-order valence-corrected chi connectivity index (χ1v) is 7.87. The third-order valence-corrected chi connectivity index (χ3v) is 4.09. The number of nitrogens with zero attached hydrogens (tertiary/aromatic N) is 1. The lowest BCUT2D eigenvalue weighted by molar-refractivity contribution is -0.136. The number of carbonyl (C=O) groups is 2. The number of amides is 2. The third-order valence-electron chi connectivity index (χ3n) is 4.09. The molecule has 0 unspecified atom stereocenters. The number of furan rings is 1. The van der Waals surface area contributed by atoms with Gasteiger partial charge < -0.3 is 14.6 Å². The number of rotatable bonds is 6. The molecule has 0 radical (unpaired) electrons. The van der Waals surface area contributed by atoms with Crippen molar-refractivity contribution < 1.29 is 14.0 Å². The molecule has 1 aromatic heterocycles. The highest BCUT2D eigenvalue weighted by Gasteiger charge is 2.36. The molecular formula is C18H20N2O3. The molecule has 5 nitrogen and oxygen atoms in total. The number of hydrogen-bond donors (Lipinski definition) is 1. The summed E-state index contributed by atoms with van der Waals surface area (Å²) in [6.45, 7) is 0.921.